The van der Waals surface area contributed by atoms with Crippen LogP contribution < -0.4 is 9.80 Å². The van der Waals surface area contributed by atoms with Crippen molar-refractivity contribution in [1.29, 1.82) is 0 Å². The van der Waals surface area contributed by atoms with Crippen LogP contribution in [-0.4, -0.2) is 80.3 Å². The van der Waals surface area contributed by atoms with E-state index in [0.717, 1.165) is 39.3 Å². The molecule has 0 aliphatic carbocycles. The minimum absolute atomic E-state index is 0.0128. The Labute approximate surface area is 229 Å². The molecule has 10 nitrogen and oxygen atoms in total. The summed E-state index contributed by atoms with van der Waals surface area (Å²) < 4.78 is 33.8. The van der Waals surface area contributed by atoms with Gasteiger partial charge in [0.1, 0.15) is 11.6 Å². The lowest BCUT2D eigenvalue weighted by molar-refractivity contribution is 0.0939. The van der Waals surface area contributed by atoms with Crippen LogP contribution in [0.15, 0.2) is 53.1 Å². The molecule has 0 N–H and O–H groups in total. The largest absolute Gasteiger partial charge is 0.377 e. The molecule has 0 radical (unpaired) electrons. The molecule has 0 saturated carbocycles. The van der Waals surface area contributed by atoms with Gasteiger partial charge >= 0.3 is 0 Å². The van der Waals surface area contributed by atoms with Crippen LogP contribution in [0.5, 0.6) is 0 Å². The highest BCUT2D eigenvalue weighted by Gasteiger charge is 2.29. The zero-order valence-corrected chi connectivity index (χ0v) is 23.0. The van der Waals surface area contributed by atoms with Crippen molar-refractivity contribution < 1.29 is 17.7 Å². The summed E-state index contributed by atoms with van der Waals surface area (Å²) in [6.07, 6.45) is 0. The van der Waals surface area contributed by atoms with E-state index < -0.39 is 10.7 Å². The van der Waals surface area contributed by atoms with Gasteiger partial charge in [0.15, 0.2) is 10.7 Å². The van der Waals surface area contributed by atoms with Gasteiger partial charge in [-0.15, -0.1) is 0 Å². The van der Waals surface area contributed by atoms with Crippen LogP contribution in [-0.2, 0) is 15.4 Å². The first-order chi connectivity index (χ1) is 19.0. The third kappa shape index (κ3) is 5.21. The van der Waals surface area contributed by atoms with Gasteiger partial charge in [-0.25, -0.2) is 13.4 Å². The Balaban J connectivity index is 1.45. The standard InChI is InChI=1S/C28H32N6O4S/c1-19-26(20(2)38-31-19)22-8-9-24-23(16-22)27(34-14-15-37-17-25(34)21-6-4-3-5-7-21)30-28(29-24)33-12-10-32(11-13-33)18-39(35)36/h3-9,16,25,39H,10-15,17-18H2,1-2H3/t25-/m0/s1. The van der Waals surface area contributed by atoms with E-state index >= 15 is 0 Å². The van der Waals surface area contributed by atoms with Crippen molar-refractivity contribution in [1.82, 2.24) is 20.0 Å². The summed E-state index contributed by atoms with van der Waals surface area (Å²) in [4.78, 5) is 16.6. The fourth-order valence-corrected chi connectivity index (χ4v) is 6.18. The van der Waals surface area contributed by atoms with Crippen molar-refractivity contribution in [3.8, 4) is 11.1 Å². The lowest BCUT2D eigenvalue weighted by atomic mass is 10.0. The lowest BCUT2D eigenvalue weighted by Gasteiger charge is -2.38. The minimum Gasteiger partial charge on any atom is -0.377 e. The molecule has 204 valence electrons. The first kappa shape index (κ1) is 25.7. The van der Waals surface area contributed by atoms with E-state index in [9.17, 15) is 8.42 Å². The van der Waals surface area contributed by atoms with Crippen molar-refractivity contribution in [3.63, 3.8) is 0 Å². The summed E-state index contributed by atoms with van der Waals surface area (Å²) >= 11 is 0. The molecular weight excluding hydrogens is 516 g/mol. The Morgan fingerprint density at radius 1 is 0.974 bits per heavy atom. The van der Waals surface area contributed by atoms with Gasteiger partial charge < -0.3 is 19.1 Å². The van der Waals surface area contributed by atoms with Gasteiger partial charge in [-0.3, -0.25) is 4.90 Å². The number of piperazine rings is 1. The lowest BCUT2D eigenvalue weighted by Crippen LogP contribution is -2.47. The molecule has 2 aromatic heterocycles. The molecule has 4 aromatic rings. The number of thiol groups is 1. The molecule has 2 fully saturated rings. The van der Waals surface area contributed by atoms with Crippen LogP contribution in [0.3, 0.4) is 0 Å². The topological polar surface area (TPSA) is 105 Å². The summed E-state index contributed by atoms with van der Waals surface area (Å²) in [7, 11) is -2.43. The second-order valence-corrected chi connectivity index (χ2v) is 11.0. The maximum Gasteiger partial charge on any atom is 0.227 e. The monoisotopic (exact) mass is 548 g/mol. The number of benzene rings is 2. The van der Waals surface area contributed by atoms with Crippen LogP contribution in [0.2, 0.25) is 0 Å². The Kier molecular flexibility index (Phi) is 7.20. The first-order valence-corrected chi connectivity index (χ1v) is 14.6. The van der Waals surface area contributed by atoms with Gasteiger partial charge in [-0.05, 0) is 37.1 Å². The van der Waals surface area contributed by atoms with Gasteiger partial charge in [0, 0.05) is 43.7 Å². The number of rotatable bonds is 6. The Morgan fingerprint density at radius 3 is 2.49 bits per heavy atom. The molecule has 2 aromatic carbocycles. The number of ether oxygens (including phenoxy) is 1. The molecule has 1 atom stereocenters. The van der Waals surface area contributed by atoms with E-state index in [1.54, 1.807) is 0 Å². The molecular formula is C28H32N6O4S. The van der Waals surface area contributed by atoms with Crippen molar-refractivity contribution >= 4 is 33.4 Å². The number of aromatic nitrogens is 3. The maximum absolute atomic E-state index is 11.2. The number of hydrogen-bond donors (Lipinski definition) is 1. The Hall–Kier alpha value is -3.54. The molecule has 11 heteroatoms. The molecule has 39 heavy (non-hydrogen) atoms. The quantitative estimate of drug-likeness (QED) is 0.361. The Bertz CT molecular complexity index is 1520. The minimum atomic E-state index is -2.43. The number of anilines is 2. The SMILES string of the molecule is Cc1noc(C)c1-c1ccc2nc(N3CCN(C[SH](=O)=O)CC3)nc(N3CCOC[C@H]3c3ccccc3)c2c1. The number of morpholine rings is 1. The first-order valence-electron chi connectivity index (χ1n) is 13.2. The highest BCUT2D eigenvalue weighted by molar-refractivity contribution is 7.72. The average Bonchev–Trinajstić information content (AvgIpc) is 3.30. The fourth-order valence-electron chi connectivity index (χ4n) is 5.57. The third-order valence-corrected chi connectivity index (χ3v) is 8.17. The summed E-state index contributed by atoms with van der Waals surface area (Å²) in [6, 6.07) is 16.6. The zero-order chi connectivity index (χ0) is 26.9. The van der Waals surface area contributed by atoms with E-state index in [-0.39, 0.29) is 11.9 Å². The molecule has 2 saturated heterocycles. The second-order valence-electron chi connectivity index (χ2n) is 10.1. The normalized spacial score (nSPS) is 18.8. The van der Waals surface area contributed by atoms with Gasteiger partial charge in [0.05, 0.1) is 36.3 Å². The molecule has 0 bridgehead atoms. The van der Waals surface area contributed by atoms with Crippen LogP contribution in [0, 0.1) is 13.8 Å². The predicted molar refractivity (Wildman–Crippen MR) is 151 cm³/mol. The smallest absolute Gasteiger partial charge is 0.227 e. The second kappa shape index (κ2) is 10.9. The molecule has 0 amide bonds. The van der Waals surface area contributed by atoms with E-state index in [1.807, 2.05) is 30.9 Å². The van der Waals surface area contributed by atoms with Crippen molar-refractivity contribution in [3.05, 3.63) is 65.5 Å². The van der Waals surface area contributed by atoms with Crippen LogP contribution >= 0.6 is 0 Å². The van der Waals surface area contributed by atoms with Crippen molar-refractivity contribution in [2.24, 2.45) is 0 Å². The van der Waals surface area contributed by atoms with Crippen molar-refractivity contribution in [2.45, 2.75) is 19.9 Å². The van der Waals surface area contributed by atoms with Crippen molar-refractivity contribution in [2.75, 3.05) is 61.6 Å². The van der Waals surface area contributed by atoms with Gasteiger partial charge in [-0.2, -0.15) is 4.98 Å². The number of hydrogen-bond acceptors (Lipinski definition) is 10. The number of fused-ring (bicyclic) bond motifs is 1. The van der Waals surface area contributed by atoms with Gasteiger partial charge in [0.2, 0.25) is 5.95 Å². The molecule has 6 rings (SSSR count). The average molecular weight is 549 g/mol. The number of nitrogens with zero attached hydrogens (tertiary/aromatic N) is 6. The zero-order valence-electron chi connectivity index (χ0n) is 22.1. The van der Waals surface area contributed by atoms with Gasteiger partial charge in [-0.1, -0.05) is 41.6 Å². The fraction of sp³-hybridized carbons (Fsp3) is 0.393. The van der Waals surface area contributed by atoms with E-state index in [4.69, 9.17) is 19.2 Å². The summed E-state index contributed by atoms with van der Waals surface area (Å²) in [5.41, 5.74) is 4.88. The van der Waals surface area contributed by atoms with E-state index in [0.29, 0.717) is 51.9 Å². The molecule has 4 heterocycles. The summed E-state index contributed by atoms with van der Waals surface area (Å²) in [5.74, 6) is 2.39. The van der Waals surface area contributed by atoms with Crippen LogP contribution in [0.4, 0.5) is 11.8 Å². The highest BCUT2D eigenvalue weighted by atomic mass is 32.2. The van der Waals surface area contributed by atoms with Gasteiger partial charge in [0.25, 0.3) is 0 Å². The molecule has 0 unspecified atom stereocenters. The molecule has 2 aliphatic heterocycles. The molecule has 2 aliphatic rings. The maximum atomic E-state index is 11.2. The summed E-state index contributed by atoms with van der Waals surface area (Å²) in [5, 5.41) is 5.11. The van der Waals surface area contributed by atoms with E-state index in [1.165, 1.54) is 5.56 Å². The summed E-state index contributed by atoms with van der Waals surface area (Å²) in [6.45, 7) is 8.38. The van der Waals surface area contributed by atoms with Crippen LogP contribution in [0.25, 0.3) is 22.0 Å². The molecule has 0 spiro atoms. The predicted octanol–water partition coefficient (Wildman–Crippen LogP) is 3.17. The van der Waals surface area contributed by atoms with E-state index in [2.05, 4.69) is 51.4 Å². The van der Waals surface area contributed by atoms with Crippen LogP contribution in [0.1, 0.15) is 23.1 Å². The highest BCUT2D eigenvalue weighted by Crippen LogP contribution is 2.37. The number of aryl methyl sites for hydroxylation is 2. The Morgan fingerprint density at radius 2 is 1.77 bits per heavy atom. The third-order valence-electron chi connectivity index (χ3n) is 7.54.